The number of carbonyl (C=O) groups excluding carboxylic acids is 1. The van der Waals surface area contributed by atoms with Gasteiger partial charge >= 0.3 is 6.18 Å². The fourth-order valence-electron chi connectivity index (χ4n) is 2.87. The molecule has 0 aromatic heterocycles. The number of alkyl halides is 3. The van der Waals surface area contributed by atoms with Gasteiger partial charge in [0, 0.05) is 13.1 Å². The largest absolute Gasteiger partial charge is 0.416 e. The second kappa shape index (κ2) is 7.02. The molecule has 2 atom stereocenters. The Hall–Kier alpha value is -2.04. The van der Waals surface area contributed by atoms with Crippen molar-refractivity contribution in [2.75, 3.05) is 13.1 Å². The van der Waals surface area contributed by atoms with Crippen LogP contribution in [0.2, 0.25) is 0 Å². The van der Waals surface area contributed by atoms with Crippen LogP contribution in [0.5, 0.6) is 0 Å². The summed E-state index contributed by atoms with van der Waals surface area (Å²) < 4.78 is 37.6. The van der Waals surface area contributed by atoms with Crippen LogP contribution in [0.1, 0.15) is 24.5 Å². The fraction of sp³-hybridized carbons (Fsp3) is 0.389. The van der Waals surface area contributed by atoms with Crippen LogP contribution in [0, 0.1) is 11.8 Å². The predicted molar refractivity (Wildman–Crippen MR) is 84.5 cm³/mol. The molecule has 2 nitrogen and oxygen atoms in total. The number of amides is 1. The maximum Gasteiger partial charge on any atom is 0.416 e. The Morgan fingerprint density at radius 3 is 2.48 bits per heavy atom. The van der Waals surface area contributed by atoms with E-state index >= 15 is 0 Å². The van der Waals surface area contributed by atoms with Gasteiger partial charge in [-0.1, -0.05) is 44.2 Å². The lowest BCUT2D eigenvalue weighted by atomic mass is 9.93. The zero-order chi connectivity index (χ0) is 17.0. The lowest BCUT2D eigenvalue weighted by Crippen LogP contribution is -2.26. The van der Waals surface area contributed by atoms with E-state index < -0.39 is 11.7 Å². The number of hydrogen-bond acceptors (Lipinski definition) is 1. The molecular weight excluding hydrogens is 303 g/mol. The van der Waals surface area contributed by atoms with E-state index in [2.05, 4.69) is 13.5 Å². The summed E-state index contributed by atoms with van der Waals surface area (Å²) in [4.78, 5) is 13.5. The maximum atomic E-state index is 12.5. The number of benzene rings is 1. The van der Waals surface area contributed by atoms with Crippen LogP contribution in [0.4, 0.5) is 13.2 Å². The molecule has 1 amide bonds. The average Bonchev–Trinajstić information content (AvgIpc) is 2.95. The van der Waals surface area contributed by atoms with Gasteiger partial charge in [-0.15, -0.1) is 0 Å². The molecule has 1 fully saturated rings. The van der Waals surface area contributed by atoms with E-state index in [0.717, 1.165) is 24.1 Å². The van der Waals surface area contributed by atoms with Crippen molar-refractivity contribution >= 4 is 12.0 Å². The molecule has 2 rings (SSSR count). The van der Waals surface area contributed by atoms with Crippen LogP contribution < -0.4 is 0 Å². The van der Waals surface area contributed by atoms with Crippen molar-refractivity contribution in [3.05, 3.63) is 54.1 Å². The minimum atomic E-state index is -4.31. The van der Waals surface area contributed by atoms with Crippen LogP contribution in [-0.4, -0.2) is 23.9 Å². The Morgan fingerprint density at radius 2 is 1.96 bits per heavy atom. The molecule has 1 aromatic carbocycles. The van der Waals surface area contributed by atoms with Crippen molar-refractivity contribution in [1.29, 1.82) is 0 Å². The highest BCUT2D eigenvalue weighted by Gasteiger charge is 2.32. The zero-order valence-electron chi connectivity index (χ0n) is 13.0. The molecule has 0 spiro atoms. The van der Waals surface area contributed by atoms with E-state index in [1.165, 1.54) is 18.2 Å². The number of halogens is 3. The van der Waals surface area contributed by atoms with E-state index in [-0.39, 0.29) is 11.8 Å². The molecule has 0 bridgehead atoms. The summed E-state index contributed by atoms with van der Waals surface area (Å²) in [5, 5.41) is 0. The molecular formula is C18H20F3NO. The van der Waals surface area contributed by atoms with Gasteiger partial charge in [0.05, 0.1) is 5.56 Å². The molecule has 2 unspecified atom stereocenters. The SMILES string of the molecule is C=CC(=O)N1CC(/C=C\c2ccc(C(F)(F)F)cc2)C(CC)C1. The van der Waals surface area contributed by atoms with E-state index in [4.69, 9.17) is 0 Å². The first-order chi connectivity index (χ1) is 10.8. The van der Waals surface area contributed by atoms with Gasteiger partial charge < -0.3 is 4.90 Å². The number of likely N-dealkylation sites (tertiary alicyclic amines) is 1. The monoisotopic (exact) mass is 323 g/mol. The molecule has 1 saturated heterocycles. The molecule has 1 aromatic rings. The summed E-state index contributed by atoms with van der Waals surface area (Å²) in [6.45, 7) is 6.90. The average molecular weight is 323 g/mol. The third-order valence-corrected chi connectivity index (χ3v) is 4.28. The van der Waals surface area contributed by atoms with Crippen LogP contribution in [0.3, 0.4) is 0 Å². The first-order valence-electron chi connectivity index (χ1n) is 7.62. The Labute approximate surface area is 134 Å². The summed E-state index contributed by atoms with van der Waals surface area (Å²) in [5.41, 5.74) is 0.0751. The number of rotatable bonds is 4. The molecule has 0 saturated carbocycles. The van der Waals surface area contributed by atoms with E-state index in [1.54, 1.807) is 4.90 Å². The van der Waals surface area contributed by atoms with E-state index in [9.17, 15) is 18.0 Å². The van der Waals surface area contributed by atoms with Gasteiger partial charge in [-0.2, -0.15) is 13.2 Å². The molecule has 1 heterocycles. The lowest BCUT2D eigenvalue weighted by Gasteiger charge is -2.12. The number of nitrogens with zero attached hydrogens (tertiary/aromatic N) is 1. The van der Waals surface area contributed by atoms with Crippen LogP contribution >= 0.6 is 0 Å². The van der Waals surface area contributed by atoms with Crippen molar-refractivity contribution in [3.63, 3.8) is 0 Å². The summed E-state index contributed by atoms with van der Waals surface area (Å²) in [7, 11) is 0. The highest BCUT2D eigenvalue weighted by atomic mass is 19.4. The molecule has 124 valence electrons. The summed E-state index contributed by atoms with van der Waals surface area (Å²) >= 11 is 0. The Bertz CT molecular complexity index is 589. The van der Waals surface area contributed by atoms with Gasteiger partial charge in [0.15, 0.2) is 0 Å². The molecule has 5 heteroatoms. The molecule has 0 radical (unpaired) electrons. The predicted octanol–water partition coefficient (Wildman–Crippen LogP) is 4.39. The zero-order valence-corrected chi connectivity index (χ0v) is 13.0. The van der Waals surface area contributed by atoms with Crippen LogP contribution in [-0.2, 0) is 11.0 Å². The van der Waals surface area contributed by atoms with Crippen molar-refractivity contribution in [2.24, 2.45) is 11.8 Å². The van der Waals surface area contributed by atoms with Crippen LogP contribution in [0.15, 0.2) is 43.0 Å². The van der Waals surface area contributed by atoms with Gasteiger partial charge in [0.1, 0.15) is 0 Å². The normalized spacial score (nSPS) is 21.8. The summed E-state index contributed by atoms with van der Waals surface area (Å²) in [5.74, 6) is 0.504. The van der Waals surface area contributed by atoms with Gasteiger partial charge in [0.25, 0.3) is 0 Å². The highest BCUT2D eigenvalue weighted by Crippen LogP contribution is 2.30. The first kappa shape index (κ1) is 17.3. The third kappa shape index (κ3) is 4.24. The second-order valence-corrected chi connectivity index (χ2v) is 5.76. The molecule has 1 aliphatic rings. The van der Waals surface area contributed by atoms with E-state index in [1.807, 2.05) is 12.2 Å². The quantitative estimate of drug-likeness (QED) is 0.753. The fourth-order valence-corrected chi connectivity index (χ4v) is 2.87. The van der Waals surface area contributed by atoms with Gasteiger partial charge in [-0.3, -0.25) is 4.79 Å². The van der Waals surface area contributed by atoms with Gasteiger partial charge in [-0.05, 0) is 35.6 Å². The van der Waals surface area contributed by atoms with Crippen molar-refractivity contribution in [3.8, 4) is 0 Å². The number of carbonyl (C=O) groups is 1. The summed E-state index contributed by atoms with van der Waals surface area (Å²) in [6, 6.07) is 5.09. The molecule has 1 aliphatic heterocycles. The van der Waals surface area contributed by atoms with Gasteiger partial charge in [-0.25, -0.2) is 0 Å². The Kier molecular flexibility index (Phi) is 5.29. The standard InChI is InChI=1S/C18H20F3NO/c1-3-14-11-22(17(23)4-2)12-15(14)8-5-13-6-9-16(10-7-13)18(19,20)21/h4-10,14-15H,2-3,11-12H2,1H3/b8-5-. The topological polar surface area (TPSA) is 20.3 Å². The molecule has 0 aliphatic carbocycles. The maximum absolute atomic E-state index is 12.5. The second-order valence-electron chi connectivity index (χ2n) is 5.76. The smallest absolute Gasteiger partial charge is 0.338 e. The van der Waals surface area contributed by atoms with Crippen molar-refractivity contribution in [1.82, 2.24) is 4.90 Å². The Morgan fingerprint density at radius 1 is 1.30 bits per heavy atom. The number of hydrogen-bond donors (Lipinski definition) is 0. The van der Waals surface area contributed by atoms with E-state index in [0.29, 0.717) is 19.0 Å². The Balaban J connectivity index is 2.06. The molecule has 23 heavy (non-hydrogen) atoms. The third-order valence-electron chi connectivity index (χ3n) is 4.28. The van der Waals surface area contributed by atoms with Crippen molar-refractivity contribution in [2.45, 2.75) is 19.5 Å². The lowest BCUT2D eigenvalue weighted by molar-refractivity contribution is -0.137. The minimum absolute atomic E-state index is 0.0751. The van der Waals surface area contributed by atoms with Crippen LogP contribution in [0.25, 0.3) is 6.08 Å². The van der Waals surface area contributed by atoms with Gasteiger partial charge in [0.2, 0.25) is 5.91 Å². The minimum Gasteiger partial charge on any atom is -0.338 e. The molecule has 0 N–H and O–H groups in total. The first-order valence-corrected chi connectivity index (χ1v) is 7.62. The van der Waals surface area contributed by atoms with Crippen molar-refractivity contribution < 1.29 is 18.0 Å². The highest BCUT2D eigenvalue weighted by molar-refractivity contribution is 5.87. The summed E-state index contributed by atoms with van der Waals surface area (Å²) in [6.07, 6.45) is 1.77.